The number of carboxylic acid groups (broad SMARTS) is 1. The summed E-state index contributed by atoms with van der Waals surface area (Å²) in [7, 11) is 0. The highest BCUT2D eigenvalue weighted by Gasteiger charge is 2.33. The van der Waals surface area contributed by atoms with Gasteiger partial charge in [0.25, 0.3) is 5.91 Å². The van der Waals surface area contributed by atoms with Crippen LogP contribution in [0.1, 0.15) is 47.6 Å². The van der Waals surface area contributed by atoms with Gasteiger partial charge in [0, 0.05) is 24.5 Å². The van der Waals surface area contributed by atoms with Crippen molar-refractivity contribution in [1.82, 2.24) is 10.4 Å². The van der Waals surface area contributed by atoms with Crippen LogP contribution in [-0.4, -0.2) is 40.8 Å². The SMILES string of the molecule is O=C(NN1CCCCC1)C1=NN(c2ccc(C(=O)O)cc2)C(c2ccc(Cl)cc2)C1. The van der Waals surface area contributed by atoms with Gasteiger partial charge < -0.3 is 5.11 Å². The number of hydrazone groups is 1. The molecular formula is C22H23ClN4O3. The lowest BCUT2D eigenvalue weighted by Crippen LogP contribution is -2.47. The first kappa shape index (κ1) is 20.4. The highest BCUT2D eigenvalue weighted by Crippen LogP contribution is 2.35. The third kappa shape index (κ3) is 4.47. The van der Waals surface area contributed by atoms with Crippen LogP contribution in [0, 0.1) is 0 Å². The average molecular weight is 427 g/mol. The Kier molecular flexibility index (Phi) is 6.01. The van der Waals surface area contributed by atoms with Crippen molar-refractivity contribution in [3.8, 4) is 0 Å². The summed E-state index contributed by atoms with van der Waals surface area (Å²) in [6, 6.07) is 13.8. The molecule has 2 aromatic carbocycles. The Bertz CT molecular complexity index is 953. The summed E-state index contributed by atoms with van der Waals surface area (Å²) in [6.45, 7) is 1.69. The van der Waals surface area contributed by atoms with Gasteiger partial charge in [-0.25, -0.2) is 9.80 Å². The molecule has 1 atom stereocenters. The van der Waals surface area contributed by atoms with Gasteiger partial charge in [-0.3, -0.25) is 15.2 Å². The molecule has 156 valence electrons. The first-order chi connectivity index (χ1) is 14.5. The van der Waals surface area contributed by atoms with E-state index in [0.29, 0.717) is 17.2 Å². The van der Waals surface area contributed by atoms with Gasteiger partial charge in [0.1, 0.15) is 5.71 Å². The number of nitrogens with zero attached hydrogens (tertiary/aromatic N) is 3. The molecule has 2 heterocycles. The van der Waals surface area contributed by atoms with E-state index in [9.17, 15) is 9.59 Å². The molecule has 0 bridgehead atoms. The van der Waals surface area contributed by atoms with Gasteiger partial charge >= 0.3 is 5.97 Å². The molecule has 2 N–H and O–H groups in total. The molecule has 2 aromatic rings. The summed E-state index contributed by atoms with van der Waals surface area (Å²) in [5, 5.41) is 18.1. The summed E-state index contributed by atoms with van der Waals surface area (Å²) in [4.78, 5) is 24.0. The van der Waals surface area contributed by atoms with E-state index in [-0.39, 0.29) is 17.5 Å². The highest BCUT2D eigenvalue weighted by atomic mass is 35.5. The number of halogens is 1. The Morgan fingerprint density at radius 3 is 2.30 bits per heavy atom. The molecule has 2 aliphatic heterocycles. The number of aromatic carboxylic acids is 1. The average Bonchev–Trinajstić information content (AvgIpc) is 3.21. The zero-order valence-electron chi connectivity index (χ0n) is 16.4. The van der Waals surface area contributed by atoms with Crippen LogP contribution in [0.3, 0.4) is 0 Å². The number of carbonyl (C=O) groups is 2. The Balaban J connectivity index is 1.60. The third-order valence-corrected chi connectivity index (χ3v) is 5.67. The van der Waals surface area contributed by atoms with Crippen LogP contribution in [0.5, 0.6) is 0 Å². The first-order valence-electron chi connectivity index (χ1n) is 10.0. The van der Waals surface area contributed by atoms with E-state index in [1.807, 2.05) is 29.3 Å². The quantitative estimate of drug-likeness (QED) is 0.758. The Labute approximate surface area is 179 Å². The van der Waals surface area contributed by atoms with Crippen molar-refractivity contribution in [3.63, 3.8) is 0 Å². The number of hydrazine groups is 1. The number of piperidine rings is 1. The Morgan fingerprint density at radius 1 is 1.00 bits per heavy atom. The standard InChI is InChI=1S/C22H23ClN4O3/c23-17-8-4-15(5-9-17)20-14-19(21(28)25-26-12-2-1-3-13-26)24-27(20)18-10-6-16(7-11-18)22(29)30/h4-11,20H,1-3,12-14H2,(H,25,28)(H,29,30). The molecule has 8 heteroatoms. The van der Waals surface area contributed by atoms with E-state index in [4.69, 9.17) is 16.7 Å². The largest absolute Gasteiger partial charge is 0.478 e. The predicted octanol–water partition coefficient (Wildman–Crippen LogP) is 3.86. The maximum atomic E-state index is 12.9. The molecule has 0 saturated carbocycles. The summed E-state index contributed by atoms with van der Waals surface area (Å²) in [6.07, 6.45) is 3.78. The first-order valence-corrected chi connectivity index (χ1v) is 10.4. The summed E-state index contributed by atoms with van der Waals surface area (Å²) in [5.41, 5.74) is 5.33. The van der Waals surface area contributed by atoms with Crippen molar-refractivity contribution in [2.45, 2.75) is 31.7 Å². The third-order valence-electron chi connectivity index (χ3n) is 5.42. The molecule has 0 aliphatic carbocycles. The molecule has 1 unspecified atom stereocenters. The summed E-state index contributed by atoms with van der Waals surface area (Å²) < 4.78 is 0. The van der Waals surface area contributed by atoms with Gasteiger partial charge in [-0.05, 0) is 54.8 Å². The second-order valence-electron chi connectivity index (χ2n) is 7.50. The van der Waals surface area contributed by atoms with E-state index in [1.54, 1.807) is 17.1 Å². The number of hydrogen-bond donors (Lipinski definition) is 2. The van der Waals surface area contributed by atoms with Gasteiger partial charge in [-0.2, -0.15) is 5.10 Å². The van der Waals surface area contributed by atoms with Crippen molar-refractivity contribution < 1.29 is 14.7 Å². The van der Waals surface area contributed by atoms with Crippen LogP contribution in [0.15, 0.2) is 53.6 Å². The number of amides is 1. The number of benzene rings is 2. The van der Waals surface area contributed by atoms with Gasteiger partial charge in [0.05, 0.1) is 17.3 Å². The molecule has 30 heavy (non-hydrogen) atoms. The molecular weight excluding hydrogens is 404 g/mol. The lowest BCUT2D eigenvalue weighted by Gasteiger charge is -2.26. The summed E-state index contributed by atoms with van der Waals surface area (Å²) >= 11 is 6.04. The van der Waals surface area contributed by atoms with Crippen LogP contribution in [-0.2, 0) is 4.79 Å². The fourth-order valence-corrected chi connectivity index (χ4v) is 3.93. The molecule has 0 aromatic heterocycles. The molecule has 0 radical (unpaired) electrons. The second kappa shape index (κ2) is 8.85. The van der Waals surface area contributed by atoms with Crippen molar-refractivity contribution >= 4 is 34.9 Å². The van der Waals surface area contributed by atoms with E-state index >= 15 is 0 Å². The maximum Gasteiger partial charge on any atom is 0.335 e. The van der Waals surface area contributed by atoms with E-state index in [0.717, 1.165) is 37.2 Å². The van der Waals surface area contributed by atoms with Crippen LogP contribution in [0.2, 0.25) is 5.02 Å². The van der Waals surface area contributed by atoms with Crippen LogP contribution in [0.4, 0.5) is 5.69 Å². The van der Waals surface area contributed by atoms with Gasteiger partial charge in [0.2, 0.25) is 0 Å². The van der Waals surface area contributed by atoms with Gasteiger partial charge in [-0.1, -0.05) is 30.2 Å². The normalized spacial score (nSPS) is 19.4. The fraction of sp³-hybridized carbons (Fsp3) is 0.318. The molecule has 1 amide bonds. The molecule has 1 fully saturated rings. The van der Waals surface area contributed by atoms with Crippen LogP contribution >= 0.6 is 11.6 Å². The van der Waals surface area contributed by atoms with Gasteiger partial charge in [-0.15, -0.1) is 0 Å². The minimum absolute atomic E-state index is 0.181. The van der Waals surface area contributed by atoms with Crippen molar-refractivity contribution in [3.05, 3.63) is 64.7 Å². The Hall–Kier alpha value is -2.90. The molecule has 2 aliphatic rings. The minimum Gasteiger partial charge on any atom is -0.478 e. The highest BCUT2D eigenvalue weighted by molar-refractivity contribution is 6.39. The van der Waals surface area contributed by atoms with Gasteiger partial charge in [0.15, 0.2) is 0 Å². The topological polar surface area (TPSA) is 85.2 Å². The van der Waals surface area contributed by atoms with Crippen LogP contribution < -0.4 is 10.4 Å². The zero-order chi connectivity index (χ0) is 21.1. The van der Waals surface area contributed by atoms with E-state index in [1.165, 1.54) is 18.6 Å². The number of nitrogens with one attached hydrogen (secondary N) is 1. The van der Waals surface area contributed by atoms with Crippen LogP contribution in [0.25, 0.3) is 0 Å². The smallest absolute Gasteiger partial charge is 0.335 e. The molecule has 1 saturated heterocycles. The molecule has 0 spiro atoms. The monoisotopic (exact) mass is 426 g/mol. The van der Waals surface area contributed by atoms with E-state index < -0.39 is 5.97 Å². The zero-order valence-corrected chi connectivity index (χ0v) is 17.2. The van der Waals surface area contributed by atoms with Crippen molar-refractivity contribution in [1.29, 1.82) is 0 Å². The molecule has 7 nitrogen and oxygen atoms in total. The Morgan fingerprint density at radius 2 is 1.67 bits per heavy atom. The fourth-order valence-electron chi connectivity index (χ4n) is 3.80. The predicted molar refractivity (Wildman–Crippen MR) is 116 cm³/mol. The molecule has 4 rings (SSSR count). The van der Waals surface area contributed by atoms with Crippen molar-refractivity contribution in [2.24, 2.45) is 5.10 Å². The maximum absolute atomic E-state index is 12.9. The number of carboxylic acids is 1. The summed E-state index contributed by atoms with van der Waals surface area (Å²) in [5.74, 6) is -1.18. The van der Waals surface area contributed by atoms with Crippen molar-refractivity contribution in [2.75, 3.05) is 18.1 Å². The lowest BCUT2D eigenvalue weighted by molar-refractivity contribution is -0.119. The number of hydrogen-bond acceptors (Lipinski definition) is 5. The number of carbonyl (C=O) groups excluding carboxylic acids is 1. The minimum atomic E-state index is -0.984. The second-order valence-corrected chi connectivity index (χ2v) is 7.94. The van der Waals surface area contributed by atoms with E-state index in [2.05, 4.69) is 10.5 Å². The number of anilines is 1. The number of rotatable bonds is 5. The lowest BCUT2D eigenvalue weighted by atomic mass is 10.0.